The molecular formula is C23H20N6O5S. The Morgan fingerprint density at radius 3 is 2.69 bits per heavy atom. The number of hydrogen-bond acceptors (Lipinski definition) is 10. The van der Waals surface area contributed by atoms with Crippen molar-refractivity contribution in [2.24, 2.45) is 5.10 Å². The van der Waals surface area contributed by atoms with E-state index in [1.807, 2.05) is 0 Å². The fraction of sp³-hybridized carbons (Fsp3) is 0.130. The Bertz CT molecular complexity index is 1430. The predicted molar refractivity (Wildman–Crippen MR) is 132 cm³/mol. The number of methoxy groups -OCH3 is 1. The SMILES string of the molecule is COc1cc(/C=N\NC(=O)c2sc3ncnc(N)c3c2C)ccc1OCc1ccc([N+](=O)[O-])cc1. The molecule has 0 bridgehead atoms. The van der Waals surface area contributed by atoms with E-state index in [9.17, 15) is 14.9 Å². The van der Waals surface area contributed by atoms with Crippen molar-refractivity contribution in [3.63, 3.8) is 0 Å². The van der Waals surface area contributed by atoms with Gasteiger partial charge in [0, 0.05) is 12.1 Å². The smallest absolute Gasteiger partial charge is 0.281 e. The van der Waals surface area contributed by atoms with Gasteiger partial charge in [-0.1, -0.05) is 0 Å². The summed E-state index contributed by atoms with van der Waals surface area (Å²) in [6.07, 6.45) is 2.84. The van der Waals surface area contributed by atoms with Crippen LogP contribution in [0.2, 0.25) is 0 Å². The van der Waals surface area contributed by atoms with Crippen LogP contribution >= 0.6 is 11.3 Å². The van der Waals surface area contributed by atoms with E-state index < -0.39 is 4.92 Å². The van der Waals surface area contributed by atoms with E-state index >= 15 is 0 Å². The van der Waals surface area contributed by atoms with Gasteiger partial charge in [-0.15, -0.1) is 11.3 Å². The van der Waals surface area contributed by atoms with Crippen molar-refractivity contribution in [2.45, 2.75) is 13.5 Å². The summed E-state index contributed by atoms with van der Waals surface area (Å²) >= 11 is 1.22. The number of hydrazone groups is 1. The summed E-state index contributed by atoms with van der Waals surface area (Å²) < 4.78 is 11.2. The monoisotopic (exact) mass is 492 g/mol. The number of benzene rings is 2. The number of non-ortho nitro benzene ring substituents is 1. The van der Waals surface area contributed by atoms with Crippen molar-refractivity contribution in [3.05, 3.63) is 80.5 Å². The molecule has 0 fully saturated rings. The third-order valence-electron chi connectivity index (χ3n) is 5.07. The molecule has 0 saturated carbocycles. The average Bonchev–Trinajstić information content (AvgIpc) is 3.20. The Kier molecular flexibility index (Phi) is 6.83. The first-order valence-electron chi connectivity index (χ1n) is 10.2. The number of thiophene rings is 1. The number of amides is 1. The van der Waals surface area contributed by atoms with E-state index in [0.717, 1.165) is 5.56 Å². The molecule has 2 aromatic carbocycles. The highest BCUT2D eigenvalue weighted by molar-refractivity contribution is 7.20. The van der Waals surface area contributed by atoms with Crippen LogP contribution in [0.1, 0.15) is 26.4 Å². The standard InChI is InChI=1S/C23H20N6O5S/c1-13-19-21(24)25-12-26-23(19)35-20(13)22(30)28-27-10-15-5-8-17(18(9-15)33-2)34-11-14-3-6-16(7-4-14)29(31)32/h3-10,12H,11H2,1-2H3,(H,28,30)(H2,24,25,26)/b27-10-. The number of aryl methyl sites for hydroxylation is 1. The average molecular weight is 493 g/mol. The van der Waals surface area contributed by atoms with E-state index in [1.54, 1.807) is 37.3 Å². The number of hydrogen-bond donors (Lipinski definition) is 2. The lowest BCUT2D eigenvalue weighted by Gasteiger charge is -2.11. The number of carbonyl (C=O) groups is 1. The molecule has 0 aliphatic rings. The van der Waals surface area contributed by atoms with Crippen LogP contribution < -0.4 is 20.6 Å². The molecule has 0 aliphatic carbocycles. The lowest BCUT2D eigenvalue weighted by molar-refractivity contribution is -0.384. The zero-order valence-corrected chi connectivity index (χ0v) is 19.5. The van der Waals surface area contributed by atoms with Gasteiger partial charge in [0.25, 0.3) is 11.6 Å². The van der Waals surface area contributed by atoms with Gasteiger partial charge in [0.15, 0.2) is 11.5 Å². The minimum atomic E-state index is -0.454. The molecule has 0 saturated heterocycles. The van der Waals surface area contributed by atoms with Gasteiger partial charge in [-0.2, -0.15) is 5.10 Å². The number of nitrogens with zero attached hydrogens (tertiary/aromatic N) is 4. The second kappa shape index (κ2) is 10.1. The summed E-state index contributed by atoms with van der Waals surface area (Å²) in [6.45, 7) is 2.00. The van der Waals surface area contributed by atoms with Crippen molar-refractivity contribution in [1.29, 1.82) is 0 Å². The van der Waals surface area contributed by atoms with E-state index in [-0.39, 0.29) is 18.2 Å². The summed E-state index contributed by atoms with van der Waals surface area (Å²) in [5, 5.41) is 15.5. The van der Waals surface area contributed by atoms with Crippen LogP contribution in [0.15, 0.2) is 53.9 Å². The number of nitro groups is 1. The zero-order chi connectivity index (χ0) is 24.9. The number of nitro benzene ring substituents is 1. The van der Waals surface area contributed by atoms with Crippen LogP contribution in [-0.2, 0) is 6.61 Å². The Balaban J connectivity index is 1.41. The van der Waals surface area contributed by atoms with Crippen LogP contribution in [0.25, 0.3) is 10.2 Å². The number of nitrogens with one attached hydrogen (secondary N) is 1. The maximum atomic E-state index is 12.6. The van der Waals surface area contributed by atoms with Crippen LogP contribution in [0.4, 0.5) is 11.5 Å². The lowest BCUT2D eigenvalue weighted by Crippen LogP contribution is -2.17. The van der Waals surface area contributed by atoms with Crippen molar-refractivity contribution in [2.75, 3.05) is 12.8 Å². The molecule has 12 heteroatoms. The topological polar surface area (TPSA) is 155 Å². The molecule has 4 aromatic rings. The van der Waals surface area contributed by atoms with E-state index in [0.29, 0.717) is 43.5 Å². The molecule has 178 valence electrons. The number of rotatable bonds is 8. The fourth-order valence-electron chi connectivity index (χ4n) is 3.29. The molecule has 3 N–H and O–H groups in total. The molecule has 0 spiro atoms. The lowest BCUT2D eigenvalue weighted by atomic mass is 10.2. The normalized spacial score (nSPS) is 11.0. The highest BCUT2D eigenvalue weighted by atomic mass is 32.1. The van der Waals surface area contributed by atoms with Gasteiger partial charge in [-0.25, -0.2) is 15.4 Å². The first-order chi connectivity index (χ1) is 16.9. The Hall–Kier alpha value is -4.58. The number of anilines is 1. The van der Waals surface area contributed by atoms with E-state index in [2.05, 4.69) is 20.5 Å². The molecule has 2 aromatic heterocycles. The number of nitrogens with two attached hydrogens (primary N) is 1. The molecule has 0 aliphatic heterocycles. The van der Waals surface area contributed by atoms with Crippen molar-refractivity contribution < 1.29 is 19.2 Å². The summed E-state index contributed by atoms with van der Waals surface area (Å²) in [4.78, 5) is 32.2. The zero-order valence-electron chi connectivity index (χ0n) is 18.7. The summed E-state index contributed by atoms with van der Waals surface area (Å²) in [5.41, 5.74) is 10.6. The van der Waals surface area contributed by atoms with Crippen molar-refractivity contribution in [1.82, 2.24) is 15.4 Å². The Morgan fingerprint density at radius 2 is 2.00 bits per heavy atom. The van der Waals surface area contributed by atoms with Gasteiger partial charge in [-0.3, -0.25) is 14.9 Å². The minimum Gasteiger partial charge on any atom is -0.493 e. The maximum Gasteiger partial charge on any atom is 0.281 e. The maximum absolute atomic E-state index is 12.6. The Morgan fingerprint density at radius 1 is 1.23 bits per heavy atom. The van der Waals surface area contributed by atoms with Gasteiger partial charge in [0.1, 0.15) is 23.6 Å². The summed E-state index contributed by atoms with van der Waals surface area (Å²) in [6, 6.07) is 11.3. The molecule has 2 heterocycles. The highest BCUT2D eigenvalue weighted by Crippen LogP contribution is 2.32. The summed E-state index contributed by atoms with van der Waals surface area (Å²) in [5.74, 6) is 0.911. The second-order valence-corrected chi connectivity index (χ2v) is 8.32. The van der Waals surface area contributed by atoms with Gasteiger partial charge in [0.05, 0.1) is 28.5 Å². The molecular weight excluding hydrogens is 472 g/mol. The van der Waals surface area contributed by atoms with Crippen LogP contribution in [0, 0.1) is 17.0 Å². The van der Waals surface area contributed by atoms with Gasteiger partial charge < -0.3 is 15.2 Å². The molecule has 35 heavy (non-hydrogen) atoms. The first-order valence-corrected chi connectivity index (χ1v) is 11.1. The van der Waals surface area contributed by atoms with E-state index in [4.69, 9.17) is 15.2 Å². The quantitative estimate of drug-likeness (QED) is 0.213. The molecule has 1 amide bonds. The molecule has 11 nitrogen and oxygen atoms in total. The van der Waals surface area contributed by atoms with Crippen LogP contribution in [0.5, 0.6) is 11.5 Å². The van der Waals surface area contributed by atoms with E-state index in [1.165, 1.54) is 43.1 Å². The number of carbonyl (C=O) groups excluding carboxylic acids is 1. The summed E-state index contributed by atoms with van der Waals surface area (Å²) in [7, 11) is 1.51. The molecule has 4 rings (SSSR count). The largest absolute Gasteiger partial charge is 0.493 e. The first kappa shape index (κ1) is 23.6. The van der Waals surface area contributed by atoms with Crippen LogP contribution in [-0.4, -0.2) is 34.1 Å². The second-order valence-electron chi connectivity index (χ2n) is 7.32. The van der Waals surface area contributed by atoms with Gasteiger partial charge in [-0.05, 0) is 53.9 Å². The number of ether oxygens (including phenoxy) is 2. The van der Waals surface area contributed by atoms with Crippen LogP contribution in [0.3, 0.4) is 0 Å². The number of aromatic nitrogens is 2. The predicted octanol–water partition coefficient (Wildman–Crippen LogP) is 3.84. The fourth-order valence-corrected chi connectivity index (χ4v) is 4.34. The number of nitrogen functional groups attached to an aromatic ring is 1. The molecule has 0 radical (unpaired) electrons. The highest BCUT2D eigenvalue weighted by Gasteiger charge is 2.18. The molecule has 0 unspecified atom stereocenters. The minimum absolute atomic E-state index is 0.0161. The Labute approximate surface area is 203 Å². The number of fused-ring (bicyclic) bond motifs is 1. The van der Waals surface area contributed by atoms with Crippen molar-refractivity contribution in [3.8, 4) is 11.5 Å². The van der Waals surface area contributed by atoms with Gasteiger partial charge in [0.2, 0.25) is 0 Å². The molecule has 0 atom stereocenters. The third-order valence-corrected chi connectivity index (χ3v) is 6.27. The van der Waals surface area contributed by atoms with Gasteiger partial charge >= 0.3 is 0 Å². The third kappa shape index (κ3) is 5.17. The van der Waals surface area contributed by atoms with Crippen molar-refractivity contribution >= 4 is 45.2 Å².